The number of hydrogen-bond acceptors (Lipinski definition) is 8. The first-order chi connectivity index (χ1) is 15.4. The predicted octanol–water partition coefficient (Wildman–Crippen LogP) is 3.94. The second-order valence-corrected chi connectivity index (χ2v) is 6.61. The fourth-order valence-electron chi connectivity index (χ4n) is 2.75. The summed E-state index contributed by atoms with van der Waals surface area (Å²) in [4.78, 5) is 22.9. The van der Waals surface area contributed by atoms with Crippen LogP contribution in [0.15, 0.2) is 58.0 Å². The Morgan fingerprint density at radius 2 is 2.03 bits per heavy atom. The van der Waals surface area contributed by atoms with Gasteiger partial charge in [-0.2, -0.15) is 5.10 Å². The number of hydrogen-bond donors (Lipinski definition) is 2. The molecular formula is C22H21N3O7. The number of hydrazone groups is 1. The normalized spacial score (nSPS) is 10.8. The molecule has 1 amide bonds. The number of nitrogens with one attached hydrogen (secondary N) is 1. The summed E-state index contributed by atoms with van der Waals surface area (Å²) in [5.41, 5.74) is 3.25. The molecule has 1 heterocycles. The van der Waals surface area contributed by atoms with E-state index in [0.717, 1.165) is 5.56 Å². The summed E-state index contributed by atoms with van der Waals surface area (Å²) in [5, 5.41) is 25.1. The standard InChI is InChI=1S/C22H21N3O7/c1-3-30-19-6-4-5-15(21(19)26)12-23-24-22(27)20-10-8-16(32-20)13-31-18-9-7-14(2)11-17(18)25(28)29/h4-12,26H,3,13H2,1-2H3,(H,24,27)/b23-12-. The van der Waals surface area contributed by atoms with Crippen LogP contribution in [0.1, 0.15) is 34.4 Å². The third-order valence-corrected chi connectivity index (χ3v) is 4.27. The van der Waals surface area contributed by atoms with E-state index >= 15 is 0 Å². The van der Waals surface area contributed by atoms with Crippen LogP contribution in [0.3, 0.4) is 0 Å². The molecule has 0 fully saturated rings. The maximum absolute atomic E-state index is 12.2. The second kappa shape index (κ2) is 10.1. The fourth-order valence-corrected chi connectivity index (χ4v) is 2.75. The number of furan rings is 1. The zero-order valence-electron chi connectivity index (χ0n) is 17.4. The number of aryl methyl sites for hydroxylation is 1. The van der Waals surface area contributed by atoms with Gasteiger partial charge in [-0.3, -0.25) is 14.9 Å². The van der Waals surface area contributed by atoms with Crippen LogP contribution in [0, 0.1) is 17.0 Å². The number of carbonyl (C=O) groups excluding carboxylic acids is 1. The van der Waals surface area contributed by atoms with Gasteiger partial charge in [0.25, 0.3) is 0 Å². The van der Waals surface area contributed by atoms with E-state index in [2.05, 4.69) is 10.5 Å². The summed E-state index contributed by atoms with van der Waals surface area (Å²) >= 11 is 0. The number of ether oxygens (including phenoxy) is 2. The van der Waals surface area contributed by atoms with Gasteiger partial charge in [-0.15, -0.1) is 0 Å². The molecule has 10 heteroatoms. The molecule has 0 atom stereocenters. The van der Waals surface area contributed by atoms with Crippen molar-refractivity contribution in [2.24, 2.45) is 5.10 Å². The maximum Gasteiger partial charge on any atom is 0.311 e. The molecule has 0 saturated carbocycles. The van der Waals surface area contributed by atoms with Crippen molar-refractivity contribution < 1.29 is 28.7 Å². The number of carbonyl (C=O) groups is 1. The van der Waals surface area contributed by atoms with Crippen molar-refractivity contribution in [3.8, 4) is 17.2 Å². The number of amides is 1. The third-order valence-electron chi connectivity index (χ3n) is 4.27. The number of nitro groups is 1. The Hall–Kier alpha value is -4.34. The highest BCUT2D eigenvalue weighted by Crippen LogP contribution is 2.29. The van der Waals surface area contributed by atoms with Gasteiger partial charge < -0.3 is 19.0 Å². The molecule has 32 heavy (non-hydrogen) atoms. The number of benzene rings is 2. The van der Waals surface area contributed by atoms with Gasteiger partial charge in [0.05, 0.1) is 17.7 Å². The quantitative estimate of drug-likeness (QED) is 0.293. The molecule has 0 bridgehead atoms. The van der Waals surface area contributed by atoms with Crippen LogP contribution in [0.4, 0.5) is 5.69 Å². The molecule has 3 aromatic rings. The Morgan fingerprint density at radius 3 is 2.78 bits per heavy atom. The summed E-state index contributed by atoms with van der Waals surface area (Å²) in [6, 6.07) is 12.5. The minimum absolute atomic E-state index is 0.0218. The largest absolute Gasteiger partial charge is 0.504 e. The van der Waals surface area contributed by atoms with Crippen molar-refractivity contribution in [2.75, 3.05) is 6.61 Å². The van der Waals surface area contributed by atoms with Crippen molar-refractivity contribution in [2.45, 2.75) is 20.5 Å². The summed E-state index contributed by atoms with van der Waals surface area (Å²) in [6.07, 6.45) is 1.28. The number of nitrogens with zero attached hydrogens (tertiary/aromatic N) is 2. The molecule has 2 N–H and O–H groups in total. The SMILES string of the molecule is CCOc1cccc(/C=N\NC(=O)c2ccc(COc3ccc(C)cc3[N+](=O)[O-])o2)c1O. The van der Waals surface area contributed by atoms with E-state index in [1.807, 2.05) is 0 Å². The summed E-state index contributed by atoms with van der Waals surface area (Å²) < 4.78 is 16.2. The number of aromatic hydroxyl groups is 1. The van der Waals surface area contributed by atoms with Crippen molar-refractivity contribution >= 4 is 17.8 Å². The topological polar surface area (TPSA) is 136 Å². The first-order valence-corrected chi connectivity index (χ1v) is 9.63. The molecule has 3 rings (SSSR count). The Morgan fingerprint density at radius 1 is 1.22 bits per heavy atom. The molecule has 0 aliphatic carbocycles. The number of phenols is 1. The van der Waals surface area contributed by atoms with Crippen molar-refractivity contribution in [1.29, 1.82) is 0 Å². The zero-order valence-corrected chi connectivity index (χ0v) is 17.4. The van der Waals surface area contributed by atoms with Gasteiger partial charge >= 0.3 is 11.6 Å². The molecule has 1 aromatic heterocycles. The lowest BCUT2D eigenvalue weighted by Gasteiger charge is -2.07. The summed E-state index contributed by atoms with van der Waals surface area (Å²) in [5.74, 6) is -0.0132. The van der Waals surface area contributed by atoms with Crippen molar-refractivity contribution in [3.63, 3.8) is 0 Å². The van der Waals surface area contributed by atoms with Gasteiger partial charge in [0.15, 0.2) is 23.0 Å². The average Bonchev–Trinajstić information content (AvgIpc) is 3.24. The Kier molecular flexibility index (Phi) is 7.06. The zero-order chi connectivity index (χ0) is 23.1. The lowest BCUT2D eigenvalue weighted by atomic mass is 10.2. The number of phenolic OH excluding ortho intramolecular Hbond substituents is 1. The van der Waals surface area contributed by atoms with Gasteiger partial charge in [0.1, 0.15) is 12.4 Å². The first-order valence-electron chi connectivity index (χ1n) is 9.63. The molecule has 10 nitrogen and oxygen atoms in total. The molecule has 0 radical (unpaired) electrons. The fraction of sp³-hybridized carbons (Fsp3) is 0.182. The Balaban J connectivity index is 1.60. The molecule has 0 aliphatic heterocycles. The number of para-hydroxylation sites is 1. The van der Waals surface area contributed by atoms with Gasteiger partial charge in [-0.05, 0) is 49.7 Å². The van der Waals surface area contributed by atoms with Crippen LogP contribution in [0.5, 0.6) is 17.2 Å². The van der Waals surface area contributed by atoms with Gasteiger partial charge in [0.2, 0.25) is 0 Å². The van der Waals surface area contributed by atoms with Gasteiger partial charge in [-0.1, -0.05) is 12.1 Å². The van der Waals surface area contributed by atoms with E-state index in [-0.39, 0.29) is 29.6 Å². The molecule has 0 saturated heterocycles. The second-order valence-electron chi connectivity index (χ2n) is 6.61. The highest BCUT2D eigenvalue weighted by Gasteiger charge is 2.17. The minimum atomic E-state index is -0.616. The molecule has 0 aliphatic rings. The van der Waals surface area contributed by atoms with Crippen molar-refractivity contribution in [1.82, 2.24) is 5.43 Å². The first kappa shape index (κ1) is 22.3. The molecule has 0 spiro atoms. The summed E-state index contributed by atoms with van der Waals surface area (Å²) in [6.45, 7) is 3.84. The molecule has 2 aromatic carbocycles. The highest BCUT2D eigenvalue weighted by atomic mass is 16.6. The predicted molar refractivity (Wildman–Crippen MR) is 115 cm³/mol. The van der Waals surface area contributed by atoms with Crippen LogP contribution >= 0.6 is 0 Å². The van der Waals surface area contributed by atoms with Gasteiger partial charge in [0, 0.05) is 11.6 Å². The maximum atomic E-state index is 12.2. The third kappa shape index (κ3) is 5.42. The average molecular weight is 439 g/mol. The molecule has 166 valence electrons. The molecule has 0 unspecified atom stereocenters. The van der Waals surface area contributed by atoms with E-state index < -0.39 is 10.8 Å². The van der Waals surface area contributed by atoms with E-state index in [1.54, 1.807) is 38.1 Å². The molecular weight excluding hydrogens is 418 g/mol. The summed E-state index contributed by atoms with van der Waals surface area (Å²) in [7, 11) is 0. The highest BCUT2D eigenvalue weighted by molar-refractivity contribution is 5.93. The van der Waals surface area contributed by atoms with Gasteiger partial charge in [-0.25, -0.2) is 5.43 Å². The van der Waals surface area contributed by atoms with Crippen LogP contribution in [0.25, 0.3) is 0 Å². The van der Waals surface area contributed by atoms with E-state index in [0.29, 0.717) is 23.7 Å². The van der Waals surface area contributed by atoms with Crippen LogP contribution < -0.4 is 14.9 Å². The van der Waals surface area contributed by atoms with Crippen LogP contribution in [-0.4, -0.2) is 28.8 Å². The number of nitro benzene ring substituents is 1. The van der Waals surface area contributed by atoms with Crippen LogP contribution in [0.2, 0.25) is 0 Å². The Bertz CT molecular complexity index is 1150. The lowest BCUT2D eigenvalue weighted by molar-refractivity contribution is -0.386. The van der Waals surface area contributed by atoms with E-state index in [4.69, 9.17) is 13.9 Å². The van der Waals surface area contributed by atoms with Crippen molar-refractivity contribution in [3.05, 3.63) is 81.3 Å². The van der Waals surface area contributed by atoms with E-state index in [1.165, 1.54) is 30.5 Å². The number of rotatable bonds is 9. The minimum Gasteiger partial charge on any atom is -0.504 e. The smallest absolute Gasteiger partial charge is 0.311 e. The monoisotopic (exact) mass is 439 g/mol. The lowest BCUT2D eigenvalue weighted by Crippen LogP contribution is -2.16. The Labute approximate surface area is 183 Å². The van der Waals surface area contributed by atoms with E-state index in [9.17, 15) is 20.0 Å². The van der Waals surface area contributed by atoms with Crippen LogP contribution in [-0.2, 0) is 6.61 Å².